The van der Waals surface area contributed by atoms with Crippen LogP contribution in [0.3, 0.4) is 0 Å². The lowest BCUT2D eigenvalue weighted by atomic mass is 10.1. The molecule has 1 saturated heterocycles. The Morgan fingerprint density at radius 3 is 2.68 bits per heavy atom. The number of amides is 1. The summed E-state index contributed by atoms with van der Waals surface area (Å²) in [7, 11) is 0. The molecule has 1 atom stereocenters. The molecule has 10 heteroatoms. The molecule has 3 aromatic heterocycles. The van der Waals surface area contributed by atoms with E-state index in [0.717, 1.165) is 23.5 Å². The Balaban J connectivity index is 1.58. The van der Waals surface area contributed by atoms with E-state index in [4.69, 9.17) is 4.98 Å². The van der Waals surface area contributed by atoms with Crippen LogP contribution in [0.1, 0.15) is 39.4 Å². The summed E-state index contributed by atoms with van der Waals surface area (Å²) in [5, 5.41) is 13.4. The minimum absolute atomic E-state index is 0.0402. The summed E-state index contributed by atoms with van der Waals surface area (Å²) in [5.41, 5.74) is 1.23. The van der Waals surface area contributed by atoms with Gasteiger partial charge < -0.3 is 19.9 Å². The Labute approximate surface area is 180 Å². The van der Waals surface area contributed by atoms with Gasteiger partial charge in [-0.15, -0.1) is 0 Å². The van der Waals surface area contributed by atoms with E-state index in [2.05, 4.69) is 25.3 Å². The van der Waals surface area contributed by atoms with Crippen LogP contribution in [-0.4, -0.2) is 70.1 Å². The number of carbonyl (C=O) groups is 1. The van der Waals surface area contributed by atoms with E-state index in [9.17, 15) is 9.90 Å². The molecular formula is C21H28N8O2. The number of likely N-dealkylation sites (tertiary alicyclic amines) is 1. The molecular weight excluding hydrogens is 396 g/mol. The minimum atomic E-state index is -1.01. The number of nitrogens with one attached hydrogen (secondary N) is 1. The van der Waals surface area contributed by atoms with Crippen LogP contribution in [0.5, 0.6) is 0 Å². The highest BCUT2D eigenvalue weighted by molar-refractivity contribution is 5.86. The second kappa shape index (κ2) is 8.18. The number of fused-ring (bicyclic) bond motifs is 1. The summed E-state index contributed by atoms with van der Waals surface area (Å²) in [5.74, 6) is 2.05. The molecule has 4 rings (SSSR count). The van der Waals surface area contributed by atoms with Crippen molar-refractivity contribution >= 4 is 22.9 Å². The summed E-state index contributed by atoms with van der Waals surface area (Å²) >= 11 is 0. The molecule has 0 bridgehead atoms. The number of aryl methyl sites for hydroxylation is 2. The molecule has 31 heavy (non-hydrogen) atoms. The fourth-order valence-electron chi connectivity index (χ4n) is 3.85. The maximum Gasteiger partial charge on any atom is 0.225 e. The third-order valence-corrected chi connectivity index (χ3v) is 5.35. The normalized spacial score (nSPS) is 16.8. The second-order valence-electron chi connectivity index (χ2n) is 8.55. The van der Waals surface area contributed by atoms with Crippen LogP contribution in [0.15, 0.2) is 18.7 Å². The zero-order valence-corrected chi connectivity index (χ0v) is 18.3. The number of rotatable bonds is 6. The van der Waals surface area contributed by atoms with Crippen molar-refractivity contribution in [2.45, 2.75) is 58.7 Å². The smallest absolute Gasteiger partial charge is 0.225 e. The summed E-state index contributed by atoms with van der Waals surface area (Å²) in [6, 6.07) is 0.0572. The molecule has 1 fully saturated rings. The fourth-order valence-corrected chi connectivity index (χ4v) is 3.85. The van der Waals surface area contributed by atoms with Gasteiger partial charge in [0, 0.05) is 38.1 Å². The van der Waals surface area contributed by atoms with Gasteiger partial charge >= 0.3 is 0 Å². The molecule has 4 heterocycles. The van der Waals surface area contributed by atoms with E-state index >= 15 is 0 Å². The first-order valence-electron chi connectivity index (χ1n) is 10.5. The van der Waals surface area contributed by atoms with Crippen molar-refractivity contribution in [1.82, 2.24) is 34.4 Å². The van der Waals surface area contributed by atoms with Crippen LogP contribution < -0.4 is 5.32 Å². The third kappa shape index (κ3) is 4.48. The Hall–Kier alpha value is -3.14. The number of imidazole rings is 1. The average molecular weight is 425 g/mol. The lowest BCUT2D eigenvalue weighted by molar-refractivity contribution is -0.134. The van der Waals surface area contributed by atoms with Crippen molar-refractivity contribution in [3.63, 3.8) is 0 Å². The van der Waals surface area contributed by atoms with E-state index in [1.807, 2.05) is 18.4 Å². The van der Waals surface area contributed by atoms with E-state index < -0.39 is 5.60 Å². The Morgan fingerprint density at radius 2 is 2.00 bits per heavy atom. The molecule has 0 aromatic carbocycles. The Bertz CT molecular complexity index is 1090. The topological polar surface area (TPSA) is 122 Å². The molecule has 164 valence electrons. The predicted octanol–water partition coefficient (Wildman–Crippen LogP) is 1.79. The molecule has 1 amide bonds. The monoisotopic (exact) mass is 424 g/mol. The predicted molar refractivity (Wildman–Crippen MR) is 116 cm³/mol. The number of anilines is 1. The maximum absolute atomic E-state index is 12.4. The molecule has 0 radical (unpaired) electrons. The van der Waals surface area contributed by atoms with Crippen molar-refractivity contribution in [3.05, 3.63) is 24.5 Å². The van der Waals surface area contributed by atoms with E-state index in [1.165, 1.54) is 6.33 Å². The van der Waals surface area contributed by atoms with E-state index in [-0.39, 0.29) is 18.4 Å². The molecule has 3 aromatic rings. The molecule has 0 saturated carbocycles. The summed E-state index contributed by atoms with van der Waals surface area (Å²) in [6.07, 6.45) is 5.97. The first-order valence-corrected chi connectivity index (χ1v) is 10.5. The summed E-state index contributed by atoms with van der Waals surface area (Å²) in [6.45, 7) is 9.09. The highest BCUT2D eigenvalue weighted by Gasteiger charge is 2.30. The SMILES string of the molecule is CCn1c(-c2cnc(C)nc2)nc2c(N[C@H]3CCN(C(=O)CC(C)(C)O)C3)ncnc21. The van der Waals surface area contributed by atoms with Gasteiger partial charge in [0.2, 0.25) is 5.91 Å². The number of aliphatic hydroxyl groups is 1. The highest BCUT2D eigenvalue weighted by atomic mass is 16.3. The number of carbonyl (C=O) groups excluding carboxylic acids is 1. The van der Waals surface area contributed by atoms with Crippen molar-refractivity contribution in [2.75, 3.05) is 18.4 Å². The number of hydrogen-bond acceptors (Lipinski definition) is 8. The Kier molecular flexibility index (Phi) is 5.57. The zero-order chi connectivity index (χ0) is 22.2. The largest absolute Gasteiger partial charge is 0.390 e. The van der Waals surface area contributed by atoms with E-state index in [0.29, 0.717) is 36.8 Å². The maximum atomic E-state index is 12.4. The quantitative estimate of drug-likeness (QED) is 0.614. The van der Waals surface area contributed by atoms with Crippen molar-refractivity contribution in [2.24, 2.45) is 0 Å². The van der Waals surface area contributed by atoms with Crippen LogP contribution >= 0.6 is 0 Å². The lowest BCUT2D eigenvalue weighted by Gasteiger charge is -2.22. The molecule has 10 nitrogen and oxygen atoms in total. The molecule has 0 unspecified atom stereocenters. The summed E-state index contributed by atoms with van der Waals surface area (Å²) < 4.78 is 2.02. The van der Waals surface area contributed by atoms with Gasteiger partial charge in [0.15, 0.2) is 17.0 Å². The fraction of sp³-hybridized carbons (Fsp3) is 0.524. The van der Waals surface area contributed by atoms with Crippen LogP contribution in [0.4, 0.5) is 5.82 Å². The van der Waals surface area contributed by atoms with Gasteiger partial charge in [0.1, 0.15) is 18.0 Å². The first-order chi connectivity index (χ1) is 14.7. The summed E-state index contributed by atoms with van der Waals surface area (Å²) in [4.78, 5) is 36.5. The van der Waals surface area contributed by atoms with Gasteiger partial charge in [-0.3, -0.25) is 4.79 Å². The van der Waals surface area contributed by atoms with Gasteiger partial charge in [0.25, 0.3) is 0 Å². The lowest BCUT2D eigenvalue weighted by Crippen LogP contribution is -2.36. The van der Waals surface area contributed by atoms with Gasteiger partial charge in [0.05, 0.1) is 17.6 Å². The number of aromatic nitrogens is 6. The molecule has 0 aliphatic carbocycles. The van der Waals surface area contributed by atoms with Crippen LogP contribution in [-0.2, 0) is 11.3 Å². The number of hydrogen-bond donors (Lipinski definition) is 2. The van der Waals surface area contributed by atoms with Crippen molar-refractivity contribution < 1.29 is 9.90 Å². The first kappa shape index (κ1) is 21.1. The molecule has 2 N–H and O–H groups in total. The highest BCUT2D eigenvalue weighted by Crippen LogP contribution is 2.27. The van der Waals surface area contributed by atoms with Crippen LogP contribution in [0.2, 0.25) is 0 Å². The molecule has 0 spiro atoms. The van der Waals surface area contributed by atoms with Crippen molar-refractivity contribution in [1.29, 1.82) is 0 Å². The van der Waals surface area contributed by atoms with Gasteiger partial charge in [-0.25, -0.2) is 24.9 Å². The third-order valence-electron chi connectivity index (χ3n) is 5.35. The second-order valence-corrected chi connectivity index (χ2v) is 8.55. The average Bonchev–Trinajstić information content (AvgIpc) is 3.32. The standard InChI is InChI=1S/C21H28N8O2/c1-5-29-19(14-9-22-13(2)23-10-14)27-17-18(24-12-25-20(17)29)26-15-6-7-28(11-15)16(30)8-21(3,4)31/h9-10,12,15,31H,5-8,11H2,1-4H3,(H,24,25,26)/t15-/m0/s1. The Morgan fingerprint density at radius 1 is 1.26 bits per heavy atom. The van der Waals surface area contributed by atoms with Crippen molar-refractivity contribution in [3.8, 4) is 11.4 Å². The number of nitrogens with zero attached hydrogens (tertiary/aromatic N) is 7. The van der Waals surface area contributed by atoms with Gasteiger partial charge in [-0.1, -0.05) is 0 Å². The van der Waals surface area contributed by atoms with Gasteiger partial charge in [-0.05, 0) is 34.1 Å². The zero-order valence-electron chi connectivity index (χ0n) is 18.3. The minimum Gasteiger partial charge on any atom is -0.390 e. The van der Waals surface area contributed by atoms with Crippen LogP contribution in [0.25, 0.3) is 22.6 Å². The van der Waals surface area contributed by atoms with E-state index in [1.54, 1.807) is 31.1 Å². The molecule has 1 aliphatic heterocycles. The molecule has 1 aliphatic rings. The van der Waals surface area contributed by atoms with Gasteiger partial charge in [-0.2, -0.15) is 0 Å². The van der Waals surface area contributed by atoms with Crippen LogP contribution in [0, 0.1) is 6.92 Å².